The van der Waals surface area contributed by atoms with Gasteiger partial charge >= 0.3 is 7.32 Å². The van der Waals surface area contributed by atoms with Crippen LogP contribution in [-0.4, -0.2) is 26.9 Å². The molecular weight excluding hydrogens is 183 g/mol. The zero-order valence-corrected chi connectivity index (χ0v) is 7.58. The molecule has 0 saturated carbocycles. The van der Waals surface area contributed by atoms with E-state index >= 15 is 0 Å². The maximum absolute atomic E-state index is 8.68. The Bertz CT molecular complexity index is 455. The fourth-order valence-corrected chi connectivity index (χ4v) is 1.38. The second-order valence-corrected chi connectivity index (χ2v) is 2.92. The Morgan fingerprint density at radius 1 is 1.50 bits per heavy atom. The Morgan fingerprint density at radius 2 is 2.29 bits per heavy atom. The summed E-state index contributed by atoms with van der Waals surface area (Å²) in [5.41, 5.74) is 0.739. The van der Waals surface area contributed by atoms with Gasteiger partial charge in [-0.1, -0.05) is 0 Å². The number of aromatic nitrogens is 2. The topological polar surface area (TPSA) is 67.5 Å². The van der Waals surface area contributed by atoms with Gasteiger partial charge in [-0.15, -0.1) is 0 Å². The zero-order valence-electron chi connectivity index (χ0n) is 7.58. The van der Waals surface area contributed by atoms with Gasteiger partial charge < -0.3 is 19.3 Å². The maximum Gasteiger partial charge on any atom is 0.707 e. The zero-order chi connectivity index (χ0) is 10.1. The Morgan fingerprint density at radius 3 is 3.00 bits per heavy atom. The first-order chi connectivity index (χ1) is 6.68. The monoisotopic (exact) mass is 192 g/mol. The summed E-state index contributed by atoms with van der Waals surface area (Å²) in [5.74, 6) is 0.408. The standard InChI is InChI=1S/C8H9BN2O3/c1-11-5-7(14-9(12)13)6-3-2-4-10-8(6)11/h2-5,12-13H,1H3. The largest absolute Gasteiger partial charge is 0.707 e. The fraction of sp³-hybridized carbons (Fsp3) is 0.125. The van der Waals surface area contributed by atoms with Crippen molar-refractivity contribution in [2.45, 2.75) is 0 Å². The molecule has 0 radical (unpaired) electrons. The van der Waals surface area contributed by atoms with Crippen LogP contribution in [0.1, 0.15) is 0 Å². The van der Waals surface area contributed by atoms with Gasteiger partial charge in [0.1, 0.15) is 11.4 Å². The first-order valence-corrected chi connectivity index (χ1v) is 4.11. The summed E-state index contributed by atoms with van der Waals surface area (Å²) in [7, 11) is 0.00665. The van der Waals surface area contributed by atoms with Crippen molar-refractivity contribution < 1.29 is 14.7 Å². The number of hydrogen-bond donors (Lipinski definition) is 2. The first-order valence-electron chi connectivity index (χ1n) is 4.11. The average molecular weight is 192 g/mol. The van der Waals surface area contributed by atoms with Crippen molar-refractivity contribution >= 4 is 18.4 Å². The fourth-order valence-electron chi connectivity index (χ4n) is 1.38. The molecule has 72 valence electrons. The van der Waals surface area contributed by atoms with Crippen molar-refractivity contribution in [3.8, 4) is 5.75 Å². The molecule has 0 aromatic carbocycles. The molecule has 2 aromatic heterocycles. The van der Waals surface area contributed by atoms with Crippen LogP contribution in [0.2, 0.25) is 0 Å². The summed E-state index contributed by atoms with van der Waals surface area (Å²) in [6.07, 6.45) is 3.32. The van der Waals surface area contributed by atoms with Crippen molar-refractivity contribution in [2.24, 2.45) is 7.05 Å². The lowest BCUT2D eigenvalue weighted by Gasteiger charge is -2.00. The molecule has 0 bridgehead atoms. The van der Waals surface area contributed by atoms with Crippen molar-refractivity contribution in [1.29, 1.82) is 0 Å². The molecule has 5 nitrogen and oxygen atoms in total. The molecule has 2 rings (SSSR count). The van der Waals surface area contributed by atoms with Crippen LogP contribution in [0.4, 0.5) is 0 Å². The van der Waals surface area contributed by atoms with Crippen LogP contribution < -0.4 is 4.65 Å². The lowest BCUT2D eigenvalue weighted by atomic mass is 10.2. The van der Waals surface area contributed by atoms with Gasteiger partial charge in [0.2, 0.25) is 0 Å². The van der Waals surface area contributed by atoms with Crippen LogP contribution in [-0.2, 0) is 7.05 Å². The summed E-state index contributed by atoms with van der Waals surface area (Å²) in [6, 6.07) is 3.57. The molecule has 2 N–H and O–H groups in total. The van der Waals surface area contributed by atoms with E-state index in [-0.39, 0.29) is 0 Å². The number of fused-ring (bicyclic) bond motifs is 1. The van der Waals surface area contributed by atoms with E-state index in [2.05, 4.69) is 4.98 Å². The number of pyridine rings is 1. The predicted octanol–water partition coefficient (Wildman–Crippen LogP) is -0.0784. The van der Waals surface area contributed by atoms with E-state index in [0.717, 1.165) is 11.0 Å². The SMILES string of the molecule is Cn1cc(OB(O)O)c2cccnc21. The summed E-state index contributed by atoms with van der Waals surface area (Å²) in [6.45, 7) is 0. The highest BCUT2D eigenvalue weighted by Gasteiger charge is 2.15. The Labute approximate surface area is 80.7 Å². The normalized spacial score (nSPS) is 10.5. The molecular formula is C8H9BN2O3. The second kappa shape index (κ2) is 3.32. The molecule has 0 aliphatic heterocycles. The van der Waals surface area contributed by atoms with Crippen molar-refractivity contribution in [2.75, 3.05) is 0 Å². The third-order valence-electron chi connectivity index (χ3n) is 1.93. The van der Waals surface area contributed by atoms with Crippen LogP contribution in [0.3, 0.4) is 0 Å². The minimum Gasteiger partial charge on any atom is -0.510 e. The Kier molecular flexibility index (Phi) is 2.15. The van der Waals surface area contributed by atoms with E-state index in [4.69, 9.17) is 14.7 Å². The molecule has 0 atom stereocenters. The highest BCUT2D eigenvalue weighted by Crippen LogP contribution is 2.25. The van der Waals surface area contributed by atoms with E-state index in [9.17, 15) is 0 Å². The number of hydrogen-bond acceptors (Lipinski definition) is 4. The van der Waals surface area contributed by atoms with Crippen LogP contribution in [0.5, 0.6) is 5.75 Å². The summed E-state index contributed by atoms with van der Waals surface area (Å²) < 4.78 is 6.56. The molecule has 0 saturated heterocycles. The van der Waals surface area contributed by atoms with E-state index in [1.807, 2.05) is 7.05 Å². The van der Waals surface area contributed by atoms with Gasteiger partial charge in [0, 0.05) is 19.4 Å². The van der Waals surface area contributed by atoms with Crippen molar-refractivity contribution in [3.63, 3.8) is 0 Å². The molecule has 2 aromatic rings. The number of aryl methyl sites for hydroxylation is 1. The van der Waals surface area contributed by atoms with Gasteiger partial charge in [-0.2, -0.15) is 0 Å². The smallest absolute Gasteiger partial charge is 0.510 e. The van der Waals surface area contributed by atoms with Crippen LogP contribution >= 0.6 is 0 Å². The van der Waals surface area contributed by atoms with Gasteiger partial charge in [-0.05, 0) is 12.1 Å². The number of nitrogens with zero attached hydrogens (tertiary/aromatic N) is 2. The van der Waals surface area contributed by atoms with Crippen LogP contribution in [0, 0.1) is 0 Å². The van der Waals surface area contributed by atoms with Crippen molar-refractivity contribution in [1.82, 2.24) is 9.55 Å². The lowest BCUT2D eigenvalue weighted by Crippen LogP contribution is -2.20. The van der Waals surface area contributed by atoms with Crippen LogP contribution in [0.25, 0.3) is 11.0 Å². The van der Waals surface area contributed by atoms with Gasteiger partial charge in [-0.25, -0.2) is 4.98 Å². The average Bonchev–Trinajstić information content (AvgIpc) is 2.44. The van der Waals surface area contributed by atoms with E-state index in [0.29, 0.717) is 5.75 Å². The molecule has 0 aliphatic rings. The molecule has 0 spiro atoms. The molecule has 0 unspecified atom stereocenters. The molecule has 2 heterocycles. The number of rotatable bonds is 2. The second-order valence-electron chi connectivity index (χ2n) is 2.92. The summed E-state index contributed by atoms with van der Waals surface area (Å²) in [4.78, 5) is 4.13. The first kappa shape index (κ1) is 9.05. The minimum atomic E-state index is -1.80. The highest BCUT2D eigenvalue weighted by atomic mass is 16.6. The quantitative estimate of drug-likeness (QED) is 0.653. The summed E-state index contributed by atoms with van der Waals surface area (Å²) >= 11 is 0. The molecule has 6 heteroatoms. The Hall–Kier alpha value is -1.53. The third kappa shape index (κ3) is 1.45. The molecule has 0 aliphatic carbocycles. The van der Waals surface area contributed by atoms with Gasteiger partial charge in [0.25, 0.3) is 0 Å². The third-order valence-corrected chi connectivity index (χ3v) is 1.93. The van der Waals surface area contributed by atoms with E-state index in [1.165, 1.54) is 0 Å². The minimum absolute atomic E-state index is 0.408. The van der Waals surface area contributed by atoms with E-state index in [1.54, 1.807) is 29.1 Å². The Balaban J connectivity index is 2.55. The summed E-state index contributed by atoms with van der Waals surface area (Å²) in [5, 5.41) is 18.1. The highest BCUT2D eigenvalue weighted by molar-refractivity contribution is 6.34. The molecule has 0 fully saturated rings. The lowest BCUT2D eigenvalue weighted by molar-refractivity contribution is 0.289. The van der Waals surface area contributed by atoms with Crippen LogP contribution in [0.15, 0.2) is 24.5 Å². The van der Waals surface area contributed by atoms with Gasteiger partial charge in [0.15, 0.2) is 0 Å². The predicted molar refractivity (Wildman–Crippen MR) is 51.5 cm³/mol. The molecule has 0 amide bonds. The van der Waals surface area contributed by atoms with Gasteiger partial charge in [0.05, 0.1) is 5.39 Å². The molecule has 14 heavy (non-hydrogen) atoms. The van der Waals surface area contributed by atoms with Gasteiger partial charge in [-0.3, -0.25) is 0 Å². The van der Waals surface area contributed by atoms with E-state index < -0.39 is 7.32 Å². The maximum atomic E-state index is 8.68. The van der Waals surface area contributed by atoms with Crippen molar-refractivity contribution in [3.05, 3.63) is 24.5 Å².